The van der Waals surface area contributed by atoms with E-state index in [0.29, 0.717) is 12.1 Å². The Hall–Kier alpha value is -0.980. The molecule has 1 unspecified atom stereocenters. The normalized spacial score (nSPS) is 13.2. The number of nitrogens with one attached hydrogen (secondary N) is 1. The fraction of sp³-hybridized carbons (Fsp3) is 0.429. The molecule has 1 rings (SSSR count). The lowest BCUT2D eigenvalue weighted by Gasteiger charge is -2.13. The van der Waals surface area contributed by atoms with Crippen molar-refractivity contribution in [3.8, 4) is 0 Å². The largest absolute Gasteiger partial charge is 0.416 e. The average Bonchev–Trinajstić information content (AvgIpc) is 2.41. The van der Waals surface area contributed by atoms with Crippen LogP contribution in [0.25, 0.3) is 0 Å². The molecule has 0 spiro atoms. The number of aliphatic hydroxyl groups is 1. The molecular formula is C14H18F3NOS. The molecule has 0 aliphatic rings. The Kier molecular flexibility index (Phi) is 7.12. The fourth-order valence-corrected chi connectivity index (χ4v) is 2.18. The van der Waals surface area contributed by atoms with Gasteiger partial charge in [0.25, 0.3) is 0 Å². The molecular weight excluding hydrogens is 287 g/mol. The molecule has 1 aromatic carbocycles. The number of hydrogen-bond acceptors (Lipinski definition) is 3. The second-order valence-corrected chi connectivity index (χ2v) is 5.35. The van der Waals surface area contributed by atoms with Crippen LogP contribution in [0, 0.1) is 0 Å². The molecule has 0 heterocycles. The van der Waals surface area contributed by atoms with Crippen LogP contribution in [0.4, 0.5) is 13.2 Å². The van der Waals surface area contributed by atoms with Gasteiger partial charge in [0.05, 0.1) is 11.7 Å². The zero-order chi connectivity index (χ0) is 15.0. The van der Waals surface area contributed by atoms with Crippen molar-refractivity contribution in [3.63, 3.8) is 0 Å². The van der Waals surface area contributed by atoms with E-state index >= 15 is 0 Å². The molecule has 1 atom stereocenters. The highest BCUT2D eigenvalue weighted by atomic mass is 32.2. The minimum absolute atomic E-state index is 0.319. The Bertz CT molecular complexity index is 406. The van der Waals surface area contributed by atoms with Crippen LogP contribution in [0.1, 0.15) is 17.2 Å². The minimum Gasteiger partial charge on any atom is -0.387 e. The van der Waals surface area contributed by atoms with E-state index in [1.54, 1.807) is 11.8 Å². The maximum absolute atomic E-state index is 12.4. The lowest BCUT2D eigenvalue weighted by molar-refractivity contribution is -0.137. The Morgan fingerprint density at radius 1 is 1.30 bits per heavy atom. The minimum atomic E-state index is -4.34. The maximum Gasteiger partial charge on any atom is 0.416 e. The fourth-order valence-electron chi connectivity index (χ4n) is 1.56. The third-order valence-corrected chi connectivity index (χ3v) is 3.58. The Labute approximate surface area is 121 Å². The van der Waals surface area contributed by atoms with Crippen LogP contribution < -0.4 is 5.32 Å². The van der Waals surface area contributed by atoms with Crippen LogP contribution in [0.15, 0.2) is 36.9 Å². The molecule has 0 fully saturated rings. The predicted molar refractivity (Wildman–Crippen MR) is 76.8 cm³/mol. The summed E-state index contributed by atoms with van der Waals surface area (Å²) >= 11 is 1.72. The quantitative estimate of drug-likeness (QED) is 0.571. The Morgan fingerprint density at radius 2 is 1.95 bits per heavy atom. The van der Waals surface area contributed by atoms with Gasteiger partial charge in [0.15, 0.2) is 0 Å². The van der Waals surface area contributed by atoms with E-state index in [1.807, 2.05) is 6.08 Å². The van der Waals surface area contributed by atoms with E-state index in [9.17, 15) is 18.3 Å². The van der Waals surface area contributed by atoms with Gasteiger partial charge < -0.3 is 10.4 Å². The number of halogens is 3. The van der Waals surface area contributed by atoms with Crippen molar-refractivity contribution in [3.05, 3.63) is 48.0 Å². The highest BCUT2D eigenvalue weighted by molar-refractivity contribution is 7.99. The Morgan fingerprint density at radius 3 is 2.50 bits per heavy atom. The first-order valence-corrected chi connectivity index (χ1v) is 7.35. The zero-order valence-electron chi connectivity index (χ0n) is 11.0. The van der Waals surface area contributed by atoms with Crippen LogP contribution in [-0.4, -0.2) is 29.7 Å². The molecule has 0 radical (unpaired) electrons. The summed E-state index contributed by atoms with van der Waals surface area (Å²) in [7, 11) is 0. The van der Waals surface area contributed by atoms with E-state index in [1.165, 1.54) is 12.1 Å². The summed E-state index contributed by atoms with van der Waals surface area (Å²) in [5.74, 6) is 1.77. The van der Waals surface area contributed by atoms with Crippen molar-refractivity contribution in [2.24, 2.45) is 0 Å². The second kappa shape index (κ2) is 8.34. The van der Waals surface area contributed by atoms with Gasteiger partial charge in [-0.25, -0.2) is 0 Å². The van der Waals surface area contributed by atoms with Gasteiger partial charge in [-0.3, -0.25) is 0 Å². The first-order valence-electron chi connectivity index (χ1n) is 6.19. The van der Waals surface area contributed by atoms with Gasteiger partial charge >= 0.3 is 6.18 Å². The first kappa shape index (κ1) is 17.1. The van der Waals surface area contributed by atoms with Crippen molar-refractivity contribution < 1.29 is 18.3 Å². The van der Waals surface area contributed by atoms with Crippen LogP contribution in [-0.2, 0) is 6.18 Å². The summed E-state index contributed by atoms with van der Waals surface area (Å²) in [6, 6.07) is 4.58. The van der Waals surface area contributed by atoms with Crippen molar-refractivity contribution in [2.75, 3.05) is 24.6 Å². The molecule has 1 aromatic rings. The monoisotopic (exact) mass is 305 g/mol. The molecule has 20 heavy (non-hydrogen) atoms. The third kappa shape index (κ3) is 5.98. The molecule has 0 aliphatic carbocycles. The van der Waals surface area contributed by atoms with Gasteiger partial charge in [0.2, 0.25) is 0 Å². The first-order chi connectivity index (χ1) is 9.45. The summed E-state index contributed by atoms with van der Waals surface area (Å²) in [5.41, 5.74) is -0.230. The van der Waals surface area contributed by atoms with Crippen LogP contribution >= 0.6 is 11.8 Å². The molecule has 2 N–H and O–H groups in total. The van der Waals surface area contributed by atoms with Gasteiger partial charge in [-0.15, -0.1) is 6.58 Å². The molecule has 0 saturated heterocycles. The number of rotatable bonds is 8. The molecule has 0 saturated carbocycles. The van der Waals surface area contributed by atoms with Crippen molar-refractivity contribution >= 4 is 11.8 Å². The van der Waals surface area contributed by atoms with Gasteiger partial charge in [-0.1, -0.05) is 18.2 Å². The predicted octanol–water partition coefficient (Wildman–Crippen LogP) is 3.25. The molecule has 6 heteroatoms. The number of thioether (sulfide) groups is 1. The molecule has 112 valence electrons. The van der Waals surface area contributed by atoms with Crippen molar-refractivity contribution in [1.29, 1.82) is 0 Å². The number of alkyl halides is 3. The maximum atomic E-state index is 12.4. The molecule has 0 amide bonds. The van der Waals surface area contributed by atoms with Gasteiger partial charge in [-0.05, 0) is 17.7 Å². The standard InChI is InChI=1S/C14H18F3NOS/c1-2-8-20-9-7-18-10-13(19)11-3-5-12(6-4-11)14(15,16)17/h2-6,13,18-19H,1,7-10H2. The topological polar surface area (TPSA) is 32.3 Å². The van der Waals surface area contributed by atoms with Gasteiger partial charge in [-0.2, -0.15) is 24.9 Å². The molecule has 2 nitrogen and oxygen atoms in total. The van der Waals surface area contributed by atoms with E-state index in [0.717, 1.165) is 30.2 Å². The Balaban J connectivity index is 2.36. The summed E-state index contributed by atoms with van der Waals surface area (Å²) in [5, 5.41) is 12.9. The summed E-state index contributed by atoms with van der Waals surface area (Å²) in [4.78, 5) is 0. The van der Waals surface area contributed by atoms with E-state index in [-0.39, 0.29) is 0 Å². The van der Waals surface area contributed by atoms with Gasteiger partial charge in [0, 0.05) is 24.6 Å². The highest BCUT2D eigenvalue weighted by Crippen LogP contribution is 2.29. The molecule has 0 aromatic heterocycles. The van der Waals surface area contributed by atoms with E-state index < -0.39 is 17.8 Å². The summed E-state index contributed by atoms with van der Waals surface area (Å²) < 4.78 is 37.2. The molecule has 0 bridgehead atoms. The van der Waals surface area contributed by atoms with E-state index in [4.69, 9.17) is 0 Å². The summed E-state index contributed by atoms with van der Waals surface area (Å²) in [6.45, 7) is 4.66. The van der Waals surface area contributed by atoms with Crippen molar-refractivity contribution in [2.45, 2.75) is 12.3 Å². The average molecular weight is 305 g/mol. The smallest absolute Gasteiger partial charge is 0.387 e. The van der Waals surface area contributed by atoms with E-state index in [2.05, 4.69) is 11.9 Å². The van der Waals surface area contributed by atoms with Crippen LogP contribution in [0.2, 0.25) is 0 Å². The SMILES string of the molecule is C=CCSCCNCC(O)c1ccc(C(F)(F)F)cc1. The van der Waals surface area contributed by atoms with Crippen LogP contribution in [0.3, 0.4) is 0 Å². The zero-order valence-corrected chi connectivity index (χ0v) is 11.8. The summed E-state index contributed by atoms with van der Waals surface area (Å²) in [6.07, 6.45) is -3.33. The second-order valence-electron chi connectivity index (χ2n) is 4.20. The third-order valence-electron chi connectivity index (χ3n) is 2.62. The lowest BCUT2D eigenvalue weighted by Crippen LogP contribution is -2.23. The molecule has 0 aliphatic heterocycles. The number of benzene rings is 1. The van der Waals surface area contributed by atoms with Crippen LogP contribution in [0.5, 0.6) is 0 Å². The number of aliphatic hydroxyl groups excluding tert-OH is 1. The van der Waals surface area contributed by atoms with Gasteiger partial charge in [0.1, 0.15) is 0 Å². The number of hydrogen-bond donors (Lipinski definition) is 2. The highest BCUT2D eigenvalue weighted by Gasteiger charge is 2.30. The lowest BCUT2D eigenvalue weighted by atomic mass is 10.1. The van der Waals surface area contributed by atoms with Crippen molar-refractivity contribution in [1.82, 2.24) is 5.32 Å².